The normalized spacial score (nSPS) is 15.2. The topological polar surface area (TPSA) is 146 Å². The molecule has 0 amide bonds. The van der Waals surface area contributed by atoms with Crippen LogP contribution < -0.4 is 9.47 Å². The molecule has 0 saturated heterocycles. The van der Waals surface area contributed by atoms with E-state index in [1.54, 1.807) is 12.1 Å². The molecule has 0 bridgehead atoms. The lowest BCUT2D eigenvalue weighted by atomic mass is 10.2. The van der Waals surface area contributed by atoms with Gasteiger partial charge in [0.05, 0.1) is 22.2 Å². The van der Waals surface area contributed by atoms with Gasteiger partial charge in [0.2, 0.25) is 5.52 Å². The SMILES string of the molecule is CC(/C=C1\Sc2ccc(Cl)cc2N1CCCS(=O)(=O)O)=C\c1sc2ccc(Cl)cc2[n+]1CCCS(=O)(=O)O.[OH-]. The second-order valence-electron chi connectivity index (χ2n) is 8.72. The van der Waals surface area contributed by atoms with Crippen LogP contribution in [0, 0.1) is 0 Å². The van der Waals surface area contributed by atoms with E-state index >= 15 is 0 Å². The van der Waals surface area contributed by atoms with Gasteiger partial charge in [-0.05, 0) is 55.3 Å². The lowest BCUT2D eigenvalue weighted by Crippen LogP contribution is -2.36. The van der Waals surface area contributed by atoms with E-state index in [9.17, 15) is 16.8 Å². The third kappa shape index (κ3) is 8.65. The van der Waals surface area contributed by atoms with Gasteiger partial charge in [-0.2, -0.15) is 21.4 Å². The largest absolute Gasteiger partial charge is 0.870 e. The zero-order valence-electron chi connectivity index (χ0n) is 20.6. The van der Waals surface area contributed by atoms with Gasteiger partial charge in [0, 0.05) is 40.0 Å². The summed E-state index contributed by atoms with van der Waals surface area (Å²) in [6, 6.07) is 11.1. The van der Waals surface area contributed by atoms with Gasteiger partial charge in [0.1, 0.15) is 4.70 Å². The number of thioether (sulfide) groups is 1. The maximum absolute atomic E-state index is 11.3. The van der Waals surface area contributed by atoms with Crippen molar-refractivity contribution in [2.24, 2.45) is 0 Å². The standard InChI is InChI=1S/C24H24Cl2N2O6S4.H2O/c1-16(12-23-27(8-2-10-37(29,30)31)19-14-17(25)4-6-21(19)35-23)13-24-28(9-3-11-38(32,33)34)20-15-18(26)5-7-22(20)36-24;/h4-7,12-15H,2-3,8-11H2,1H3,(H-,29,30,31,32,33,34);1H2. The summed E-state index contributed by atoms with van der Waals surface area (Å²) in [5.74, 6) is -0.694. The zero-order valence-corrected chi connectivity index (χ0v) is 25.4. The number of aromatic nitrogens is 1. The van der Waals surface area contributed by atoms with Crippen LogP contribution >= 0.6 is 46.3 Å². The van der Waals surface area contributed by atoms with Crippen LogP contribution in [0.25, 0.3) is 16.3 Å². The van der Waals surface area contributed by atoms with Crippen LogP contribution in [0.15, 0.2) is 58.0 Å². The second-order valence-corrected chi connectivity index (χ2v) is 14.9. The van der Waals surface area contributed by atoms with Crippen molar-refractivity contribution in [2.75, 3.05) is 23.0 Å². The van der Waals surface area contributed by atoms with Gasteiger partial charge in [-0.25, -0.2) is 0 Å². The van der Waals surface area contributed by atoms with E-state index < -0.39 is 20.2 Å². The molecule has 2 aromatic carbocycles. The molecule has 0 saturated carbocycles. The van der Waals surface area contributed by atoms with Crippen molar-refractivity contribution in [3.05, 3.63) is 68.1 Å². The van der Waals surface area contributed by atoms with Gasteiger partial charge in [0.15, 0.2) is 6.54 Å². The fourth-order valence-electron chi connectivity index (χ4n) is 4.07. The minimum atomic E-state index is -4.07. The summed E-state index contributed by atoms with van der Waals surface area (Å²) in [5.41, 5.74) is 2.65. The molecular weight excluding hydrogens is 627 g/mol. The summed E-state index contributed by atoms with van der Waals surface area (Å²) < 4.78 is 66.3. The molecule has 212 valence electrons. The highest BCUT2D eigenvalue weighted by atomic mass is 35.5. The lowest BCUT2D eigenvalue weighted by Gasteiger charge is -2.20. The van der Waals surface area contributed by atoms with E-state index in [1.165, 1.54) is 23.1 Å². The Bertz CT molecular complexity index is 1650. The third-order valence-corrected chi connectivity index (χ3v) is 9.96. The molecule has 39 heavy (non-hydrogen) atoms. The van der Waals surface area contributed by atoms with Crippen molar-refractivity contribution >= 4 is 88.5 Å². The van der Waals surface area contributed by atoms with E-state index in [-0.39, 0.29) is 29.8 Å². The molecule has 0 aliphatic carbocycles. The molecule has 1 aliphatic heterocycles. The zero-order chi connectivity index (χ0) is 27.7. The van der Waals surface area contributed by atoms with Crippen molar-refractivity contribution < 1.29 is 36.0 Å². The Hall–Kier alpha value is -1.68. The van der Waals surface area contributed by atoms with Gasteiger partial charge >= 0.3 is 0 Å². The number of hydrogen-bond donors (Lipinski definition) is 2. The maximum Gasteiger partial charge on any atom is 0.265 e. The number of hydrogen-bond acceptors (Lipinski definition) is 8. The Morgan fingerprint density at radius 1 is 1.00 bits per heavy atom. The number of allylic oxidation sites excluding steroid dienone is 2. The number of rotatable bonds is 10. The molecule has 0 unspecified atom stereocenters. The van der Waals surface area contributed by atoms with Crippen molar-refractivity contribution in [2.45, 2.75) is 31.2 Å². The molecule has 3 aromatic rings. The average molecular weight is 654 g/mol. The summed E-state index contributed by atoms with van der Waals surface area (Å²) in [4.78, 5) is 2.97. The van der Waals surface area contributed by atoms with Gasteiger partial charge in [0.25, 0.3) is 25.2 Å². The molecular formula is C24H26Cl2N2O7S4. The Kier molecular flexibility index (Phi) is 10.5. The molecule has 0 spiro atoms. The fourth-order valence-corrected chi connectivity index (χ4v) is 7.75. The number of nitrogens with zero attached hydrogens (tertiary/aromatic N) is 2. The fraction of sp³-hybridized carbons (Fsp3) is 0.292. The van der Waals surface area contributed by atoms with Crippen molar-refractivity contribution in [3.8, 4) is 0 Å². The first-order valence-corrected chi connectivity index (χ1v) is 17.1. The van der Waals surface area contributed by atoms with Crippen molar-refractivity contribution in [3.63, 3.8) is 0 Å². The summed E-state index contributed by atoms with van der Waals surface area (Å²) in [7, 11) is -8.15. The number of thiazole rings is 1. The minimum absolute atomic E-state index is 0. The average Bonchev–Trinajstić information content (AvgIpc) is 3.29. The predicted octanol–water partition coefficient (Wildman–Crippen LogP) is 5.73. The van der Waals surface area contributed by atoms with Crippen LogP contribution in [0.2, 0.25) is 10.0 Å². The van der Waals surface area contributed by atoms with Crippen LogP contribution in [0.3, 0.4) is 0 Å². The Labute approximate surface area is 245 Å². The van der Waals surface area contributed by atoms with Crippen LogP contribution in [0.1, 0.15) is 24.8 Å². The molecule has 1 aromatic heterocycles. The minimum Gasteiger partial charge on any atom is -0.870 e. The molecule has 0 radical (unpaired) electrons. The van der Waals surface area contributed by atoms with E-state index in [4.69, 9.17) is 32.3 Å². The molecule has 1 aliphatic rings. The molecule has 9 nitrogen and oxygen atoms in total. The monoisotopic (exact) mass is 652 g/mol. The molecule has 15 heteroatoms. The first-order valence-electron chi connectivity index (χ1n) is 11.5. The lowest BCUT2D eigenvalue weighted by molar-refractivity contribution is -0.668. The van der Waals surface area contributed by atoms with E-state index in [2.05, 4.69) is 0 Å². The van der Waals surface area contributed by atoms with Crippen molar-refractivity contribution in [1.29, 1.82) is 0 Å². The Morgan fingerprint density at radius 3 is 2.33 bits per heavy atom. The van der Waals surface area contributed by atoms with Gasteiger partial charge in [-0.1, -0.05) is 46.3 Å². The van der Waals surface area contributed by atoms with E-state index in [1.807, 2.05) is 52.8 Å². The summed E-state index contributed by atoms with van der Waals surface area (Å²) in [6.07, 6.45) is 4.45. The van der Waals surface area contributed by atoms with Crippen LogP contribution in [-0.4, -0.2) is 49.5 Å². The number of fused-ring (bicyclic) bond motifs is 2. The van der Waals surface area contributed by atoms with Gasteiger partial charge in [-0.3, -0.25) is 9.11 Å². The Morgan fingerprint density at radius 2 is 1.64 bits per heavy atom. The molecule has 4 rings (SSSR count). The first kappa shape index (κ1) is 31.8. The molecule has 0 fully saturated rings. The number of anilines is 1. The summed E-state index contributed by atoms with van der Waals surface area (Å²) in [6.45, 7) is 2.69. The van der Waals surface area contributed by atoms with Crippen LogP contribution in [0.4, 0.5) is 5.69 Å². The molecule has 2 heterocycles. The van der Waals surface area contributed by atoms with E-state index in [0.717, 1.165) is 36.4 Å². The number of aryl methyl sites for hydroxylation is 1. The van der Waals surface area contributed by atoms with E-state index in [0.29, 0.717) is 23.1 Å². The summed E-state index contributed by atoms with van der Waals surface area (Å²) in [5, 5.41) is 2.89. The molecule has 3 N–H and O–H groups in total. The van der Waals surface area contributed by atoms with Gasteiger partial charge in [-0.15, -0.1) is 0 Å². The maximum atomic E-state index is 11.3. The highest BCUT2D eigenvalue weighted by molar-refractivity contribution is 8.03. The van der Waals surface area contributed by atoms with Crippen LogP contribution in [0.5, 0.6) is 0 Å². The molecule has 0 atom stereocenters. The van der Waals surface area contributed by atoms with Gasteiger partial charge < -0.3 is 10.4 Å². The highest BCUT2D eigenvalue weighted by Crippen LogP contribution is 2.47. The number of benzene rings is 2. The third-order valence-electron chi connectivity index (χ3n) is 5.65. The van der Waals surface area contributed by atoms with Crippen LogP contribution in [-0.2, 0) is 26.8 Å². The summed E-state index contributed by atoms with van der Waals surface area (Å²) >= 11 is 15.5. The highest BCUT2D eigenvalue weighted by Gasteiger charge is 2.26. The second kappa shape index (κ2) is 12.9. The van der Waals surface area contributed by atoms with Crippen molar-refractivity contribution in [1.82, 2.24) is 0 Å². The predicted molar refractivity (Wildman–Crippen MR) is 157 cm³/mol. The Balaban J connectivity index is 0.00000420. The first-order chi connectivity index (χ1) is 17.8. The quantitative estimate of drug-likeness (QED) is 0.207. The number of halogens is 2. The smallest absolute Gasteiger partial charge is 0.265 e.